The third-order valence-electron chi connectivity index (χ3n) is 7.16. The lowest BCUT2D eigenvalue weighted by Gasteiger charge is -2.40. The highest BCUT2D eigenvalue weighted by Gasteiger charge is 2.28. The van der Waals surface area contributed by atoms with Crippen LogP contribution in [0.2, 0.25) is 0 Å². The number of rotatable bonds is 5. The zero-order valence-corrected chi connectivity index (χ0v) is 19.0. The van der Waals surface area contributed by atoms with Crippen molar-refractivity contribution < 1.29 is 9.53 Å². The average molecular weight is 432 g/mol. The van der Waals surface area contributed by atoms with Crippen LogP contribution in [0.15, 0.2) is 48.5 Å². The largest absolute Gasteiger partial charge is 0.488 e. The zero-order valence-electron chi connectivity index (χ0n) is 19.0. The van der Waals surface area contributed by atoms with E-state index in [-0.39, 0.29) is 5.91 Å². The Balaban J connectivity index is 1.26. The molecule has 5 rings (SSSR count). The van der Waals surface area contributed by atoms with Crippen molar-refractivity contribution in [2.75, 3.05) is 26.2 Å². The van der Waals surface area contributed by atoms with Crippen molar-refractivity contribution in [1.82, 2.24) is 14.8 Å². The van der Waals surface area contributed by atoms with Crippen LogP contribution in [0.1, 0.15) is 53.7 Å². The molecule has 2 fully saturated rings. The number of hydrogen-bond donors (Lipinski definition) is 1. The molecule has 1 amide bonds. The molecule has 0 unspecified atom stereocenters. The van der Waals surface area contributed by atoms with Gasteiger partial charge in [0, 0.05) is 30.0 Å². The number of likely N-dealkylation sites (tertiary alicyclic amines) is 2. The number of nitrogens with zero attached hydrogens (tertiary/aromatic N) is 2. The van der Waals surface area contributed by atoms with E-state index in [1.807, 2.05) is 41.3 Å². The Morgan fingerprint density at radius 3 is 2.56 bits per heavy atom. The number of piperidine rings is 2. The monoisotopic (exact) mass is 431 g/mol. The second-order valence-corrected chi connectivity index (χ2v) is 9.24. The highest BCUT2D eigenvalue weighted by atomic mass is 16.5. The lowest BCUT2D eigenvalue weighted by molar-refractivity contribution is 0.0585. The van der Waals surface area contributed by atoms with E-state index in [9.17, 15) is 4.79 Å². The van der Waals surface area contributed by atoms with E-state index in [1.54, 1.807) is 0 Å². The second-order valence-electron chi connectivity index (χ2n) is 9.24. The highest BCUT2D eigenvalue weighted by Crippen LogP contribution is 2.29. The molecule has 1 N–H and O–H groups in total. The van der Waals surface area contributed by atoms with Gasteiger partial charge >= 0.3 is 0 Å². The van der Waals surface area contributed by atoms with Gasteiger partial charge in [0.25, 0.3) is 5.91 Å². The normalized spacial score (nSPS) is 18.2. The fourth-order valence-corrected chi connectivity index (χ4v) is 5.18. The summed E-state index contributed by atoms with van der Waals surface area (Å²) in [6.07, 6.45) is 6.17. The molecule has 32 heavy (non-hydrogen) atoms. The molecule has 0 bridgehead atoms. The SMILES string of the molecule is Cc1ccccc1COc1cccc2[nH]c(C(=O)N3CCC(N4CCCCC4)CC3)cc12. The Labute approximate surface area is 190 Å². The Bertz CT molecular complexity index is 1080. The second kappa shape index (κ2) is 9.37. The van der Waals surface area contributed by atoms with Crippen molar-refractivity contribution in [3.63, 3.8) is 0 Å². The van der Waals surface area contributed by atoms with Crippen LogP contribution in [0, 0.1) is 6.92 Å². The van der Waals surface area contributed by atoms with Crippen molar-refractivity contribution in [2.45, 2.75) is 51.7 Å². The maximum atomic E-state index is 13.2. The molecule has 2 aliphatic heterocycles. The van der Waals surface area contributed by atoms with Crippen molar-refractivity contribution >= 4 is 16.8 Å². The van der Waals surface area contributed by atoms with E-state index in [2.05, 4.69) is 28.9 Å². The van der Waals surface area contributed by atoms with Gasteiger partial charge in [0.05, 0.1) is 0 Å². The van der Waals surface area contributed by atoms with Gasteiger partial charge in [0.1, 0.15) is 18.1 Å². The van der Waals surface area contributed by atoms with E-state index in [1.165, 1.54) is 43.5 Å². The number of hydrogen-bond acceptors (Lipinski definition) is 3. The van der Waals surface area contributed by atoms with Crippen molar-refractivity contribution in [2.24, 2.45) is 0 Å². The fraction of sp³-hybridized carbons (Fsp3) is 0.444. The van der Waals surface area contributed by atoms with Crippen LogP contribution in [0.4, 0.5) is 0 Å². The molecular weight excluding hydrogens is 398 g/mol. The molecular formula is C27H33N3O2. The maximum Gasteiger partial charge on any atom is 0.270 e. The molecule has 2 aliphatic rings. The average Bonchev–Trinajstić information content (AvgIpc) is 3.29. The molecule has 5 nitrogen and oxygen atoms in total. The number of H-pyrrole nitrogens is 1. The molecule has 3 heterocycles. The number of benzene rings is 2. The topological polar surface area (TPSA) is 48.6 Å². The number of amides is 1. The molecule has 0 spiro atoms. The van der Waals surface area contributed by atoms with Crippen LogP contribution in [0.25, 0.3) is 10.9 Å². The first-order valence-corrected chi connectivity index (χ1v) is 12.0. The smallest absolute Gasteiger partial charge is 0.270 e. The summed E-state index contributed by atoms with van der Waals surface area (Å²) < 4.78 is 6.16. The van der Waals surface area contributed by atoms with E-state index in [4.69, 9.17) is 4.74 Å². The Hall–Kier alpha value is -2.79. The minimum atomic E-state index is 0.100. The highest BCUT2D eigenvalue weighted by molar-refractivity contribution is 5.99. The van der Waals surface area contributed by atoms with Gasteiger partial charge in [-0.3, -0.25) is 4.79 Å². The first-order valence-electron chi connectivity index (χ1n) is 12.0. The van der Waals surface area contributed by atoms with Crippen molar-refractivity contribution in [3.05, 3.63) is 65.4 Å². The summed E-state index contributed by atoms with van der Waals surface area (Å²) in [5.41, 5.74) is 3.99. The summed E-state index contributed by atoms with van der Waals surface area (Å²) in [6.45, 7) is 6.75. The molecule has 0 atom stereocenters. The van der Waals surface area contributed by atoms with Crippen molar-refractivity contribution in [3.8, 4) is 5.75 Å². The van der Waals surface area contributed by atoms with Gasteiger partial charge in [-0.05, 0) is 75.0 Å². The van der Waals surface area contributed by atoms with Gasteiger partial charge in [0.2, 0.25) is 0 Å². The molecule has 2 saturated heterocycles. The number of aromatic amines is 1. The van der Waals surface area contributed by atoms with E-state index in [0.29, 0.717) is 18.3 Å². The van der Waals surface area contributed by atoms with E-state index in [0.717, 1.165) is 42.6 Å². The van der Waals surface area contributed by atoms with Crippen LogP contribution in [-0.2, 0) is 6.61 Å². The molecule has 0 saturated carbocycles. The van der Waals surface area contributed by atoms with Gasteiger partial charge < -0.3 is 19.5 Å². The fourth-order valence-electron chi connectivity index (χ4n) is 5.18. The lowest BCUT2D eigenvalue weighted by Crippen LogP contribution is -2.48. The van der Waals surface area contributed by atoms with Crippen LogP contribution in [0.3, 0.4) is 0 Å². The lowest BCUT2D eigenvalue weighted by atomic mass is 10.00. The van der Waals surface area contributed by atoms with Gasteiger partial charge in [-0.1, -0.05) is 36.8 Å². The molecule has 0 aliphatic carbocycles. The first-order chi connectivity index (χ1) is 15.7. The summed E-state index contributed by atoms with van der Waals surface area (Å²) in [4.78, 5) is 21.2. The number of fused-ring (bicyclic) bond motifs is 1. The minimum Gasteiger partial charge on any atom is -0.488 e. The molecule has 1 aromatic heterocycles. The number of ether oxygens (including phenoxy) is 1. The van der Waals surface area contributed by atoms with E-state index < -0.39 is 0 Å². The predicted octanol–water partition coefficient (Wildman–Crippen LogP) is 5.15. The van der Waals surface area contributed by atoms with Gasteiger partial charge in [-0.25, -0.2) is 0 Å². The van der Waals surface area contributed by atoms with Crippen molar-refractivity contribution in [1.29, 1.82) is 0 Å². The summed E-state index contributed by atoms with van der Waals surface area (Å²) in [5, 5.41) is 0.965. The van der Waals surface area contributed by atoms with E-state index >= 15 is 0 Å². The quantitative estimate of drug-likeness (QED) is 0.608. The predicted molar refractivity (Wildman–Crippen MR) is 128 cm³/mol. The van der Waals surface area contributed by atoms with Gasteiger partial charge in [-0.2, -0.15) is 0 Å². The number of nitrogens with one attached hydrogen (secondary N) is 1. The third-order valence-corrected chi connectivity index (χ3v) is 7.16. The summed E-state index contributed by atoms with van der Waals surface area (Å²) >= 11 is 0. The standard InChI is InChI=1S/C27H33N3O2/c1-20-8-3-4-9-21(20)19-32-26-11-7-10-24-23(26)18-25(28-24)27(31)30-16-12-22(13-17-30)29-14-5-2-6-15-29/h3-4,7-11,18,22,28H,2,5-6,12-17,19H2,1H3. The summed E-state index contributed by atoms with van der Waals surface area (Å²) in [5.74, 6) is 0.910. The minimum absolute atomic E-state index is 0.100. The van der Waals surface area contributed by atoms with Crippen LogP contribution in [0.5, 0.6) is 5.75 Å². The Morgan fingerprint density at radius 1 is 1.00 bits per heavy atom. The Kier molecular flexibility index (Phi) is 6.17. The molecule has 5 heteroatoms. The molecule has 2 aromatic carbocycles. The molecule has 168 valence electrons. The number of carbonyl (C=O) groups excluding carboxylic acids is 1. The summed E-state index contributed by atoms with van der Waals surface area (Å²) in [6, 6.07) is 16.8. The molecule has 3 aromatic rings. The third kappa shape index (κ3) is 4.40. The zero-order chi connectivity index (χ0) is 21.9. The first kappa shape index (κ1) is 21.1. The van der Waals surface area contributed by atoms with Crippen LogP contribution >= 0.6 is 0 Å². The number of aryl methyl sites for hydroxylation is 1. The van der Waals surface area contributed by atoms with Crippen LogP contribution in [-0.4, -0.2) is 52.9 Å². The molecule has 0 radical (unpaired) electrons. The maximum absolute atomic E-state index is 13.2. The Morgan fingerprint density at radius 2 is 1.78 bits per heavy atom. The summed E-state index contributed by atoms with van der Waals surface area (Å²) in [7, 11) is 0. The number of carbonyl (C=O) groups is 1. The number of aromatic nitrogens is 1. The van der Waals surface area contributed by atoms with Crippen LogP contribution < -0.4 is 4.74 Å². The van der Waals surface area contributed by atoms with Gasteiger partial charge in [0.15, 0.2) is 0 Å². The van der Waals surface area contributed by atoms with Gasteiger partial charge in [-0.15, -0.1) is 0 Å².